The number of aliphatic hydroxyl groups is 1. The van der Waals surface area contributed by atoms with Crippen LogP contribution in [-0.4, -0.2) is 21.4 Å². The maximum atomic E-state index is 12.0. The van der Waals surface area contributed by atoms with Gasteiger partial charge in [0.25, 0.3) is 0 Å². The smallest absolute Gasteiger partial charge is 0.336 e. The fourth-order valence-electron chi connectivity index (χ4n) is 3.52. The van der Waals surface area contributed by atoms with Crippen LogP contribution in [0.5, 0.6) is 11.5 Å². The van der Waals surface area contributed by atoms with Crippen LogP contribution >= 0.6 is 0 Å². The third-order valence-electron chi connectivity index (χ3n) is 5.15. The largest absolute Gasteiger partial charge is 0.506 e. The van der Waals surface area contributed by atoms with Crippen LogP contribution in [0.25, 0.3) is 17.0 Å². The summed E-state index contributed by atoms with van der Waals surface area (Å²) < 4.78 is 11.8. The van der Waals surface area contributed by atoms with Crippen molar-refractivity contribution in [2.24, 2.45) is 0 Å². The highest BCUT2D eigenvalue weighted by molar-refractivity contribution is 5.95. The highest BCUT2D eigenvalue weighted by Gasteiger charge is 2.36. The molecule has 0 unspecified atom stereocenters. The Morgan fingerprint density at radius 1 is 1.24 bits per heavy atom. The zero-order valence-corrected chi connectivity index (χ0v) is 17.6. The van der Waals surface area contributed by atoms with Crippen molar-refractivity contribution in [3.63, 3.8) is 0 Å². The third kappa shape index (κ3) is 4.01. The summed E-state index contributed by atoms with van der Waals surface area (Å²) in [6.45, 7) is 13.2. The lowest BCUT2D eigenvalue weighted by Gasteiger charge is -2.35. The number of rotatable bonds is 5. The molecule has 0 bridgehead atoms. The van der Waals surface area contributed by atoms with E-state index in [2.05, 4.69) is 6.58 Å². The molecule has 0 aliphatic carbocycles. The molecule has 0 radical (unpaired) electrons. The summed E-state index contributed by atoms with van der Waals surface area (Å²) in [6.07, 6.45) is 9.55. The quantitative estimate of drug-likeness (QED) is 0.558. The monoisotopic (exact) mass is 396 g/mol. The first-order valence-electron chi connectivity index (χ1n) is 9.62. The number of aromatic hydroxyl groups is 1. The number of allylic oxidation sites excluding steroid dienone is 2. The summed E-state index contributed by atoms with van der Waals surface area (Å²) in [5.74, 6) is 0.476. The van der Waals surface area contributed by atoms with E-state index in [1.54, 1.807) is 32.1 Å². The summed E-state index contributed by atoms with van der Waals surface area (Å²) in [7, 11) is 0. The molecular weight excluding hydrogens is 368 g/mol. The molecule has 29 heavy (non-hydrogen) atoms. The van der Waals surface area contributed by atoms with Gasteiger partial charge in [0.15, 0.2) is 0 Å². The lowest BCUT2D eigenvalue weighted by molar-refractivity contribution is 0.132. The van der Waals surface area contributed by atoms with E-state index in [0.29, 0.717) is 28.7 Å². The van der Waals surface area contributed by atoms with Gasteiger partial charge in [-0.2, -0.15) is 0 Å². The van der Waals surface area contributed by atoms with Crippen LogP contribution in [0.1, 0.15) is 52.2 Å². The van der Waals surface area contributed by atoms with E-state index in [9.17, 15) is 15.0 Å². The molecule has 1 aliphatic heterocycles. The maximum Gasteiger partial charge on any atom is 0.336 e. The molecule has 3 rings (SSSR count). The number of fused-ring (bicyclic) bond motifs is 2. The minimum atomic E-state index is -0.952. The van der Waals surface area contributed by atoms with Crippen molar-refractivity contribution in [3.05, 3.63) is 64.6 Å². The van der Waals surface area contributed by atoms with Crippen LogP contribution in [-0.2, 0) is 5.41 Å². The second kappa shape index (κ2) is 6.92. The van der Waals surface area contributed by atoms with Crippen molar-refractivity contribution in [1.29, 1.82) is 0 Å². The average Bonchev–Trinajstić information content (AvgIpc) is 2.59. The summed E-state index contributed by atoms with van der Waals surface area (Å²) in [6, 6.07) is 2.85. The number of ether oxygens (including phenoxy) is 1. The van der Waals surface area contributed by atoms with Crippen molar-refractivity contribution < 1.29 is 19.4 Å². The summed E-state index contributed by atoms with van der Waals surface area (Å²) >= 11 is 0. The molecule has 5 heteroatoms. The van der Waals surface area contributed by atoms with Gasteiger partial charge in [-0.05, 0) is 52.3 Å². The van der Waals surface area contributed by atoms with Crippen molar-refractivity contribution in [2.45, 2.75) is 57.7 Å². The molecule has 1 atom stereocenters. The molecule has 2 heterocycles. The molecular formula is C24H28O5. The molecule has 0 fully saturated rings. The minimum absolute atomic E-state index is 0.00713. The van der Waals surface area contributed by atoms with E-state index in [-0.39, 0.29) is 11.3 Å². The molecule has 1 aromatic carbocycles. The van der Waals surface area contributed by atoms with Gasteiger partial charge < -0.3 is 19.4 Å². The third-order valence-corrected chi connectivity index (χ3v) is 5.15. The topological polar surface area (TPSA) is 79.9 Å². The second-order valence-corrected chi connectivity index (χ2v) is 8.88. The molecule has 5 nitrogen and oxygen atoms in total. The lowest BCUT2D eigenvalue weighted by Crippen LogP contribution is -2.31. The van der Waals surface area contributed by atoms with Crippen LogP contribution < -0.4 is 10.4 Å². The summed E-state index contributed by atoms with van der Waals surface area (Å²) in [5, 5.41) is 21.3. The molecule has 1 aromatic heterocycles. The Bertz CT molecular complexity index is 1080. The Hall–Kier alpha value is -2.79. The van der Waals surface area contributed by atoms with Gasteiger partial charge in [-0.3, -0.25) is 0 Å². The van der Waals surface area contributed by atoms with Crippen molar-refractivity contribution in [2.75, 3.05) is 0 Å². The van der Waals surface area contributed by atoms with E-state index in [0.717, 1.165) is 0 Å². The van der Waals surface area contributed by atoms with Crippen molar-refractivity contribution in [3.8, 4) is 11.5 Å². The average molecular weight is 396 g/mol. The van der Waals surface area contributed by atoms with Crippen LogP contribution in [0, 0.1) is 0 Å². The van der Waals surface area contributed by atoms with Gasteiger partial charge in [-0.1, -0.05) is 25.2 Å². The second-order valence-electron chi connectivity index (χ2n) is 8.88. The number of phenolic OH excluding ortho intramolecular Hbond substituents is 1. The highest BCUT2D eigenvalue weighted by Crippen LogP contribution is 2.50. The van der Waals surface area contributed by atoms with Gasteiger partial charge in [0, 0.05) is 17.0 Å². The zero-order chi connectivity index (χ0) is 21.6. The summed E-state index contributed by atoms with van der Waals surface area (Å²) in [5.41, 5.74) is -1.28. The molecule has 1 aliphatic rings. The molecule has 154 valence electrons. The SMILES string of the molecule is C=C[C@@](C)(CC=CC(C)(C)O)c1c2c(c(O)c3ccc(=O)oc13)C=CC(C)(C)O2. The normalized spacial score (nSPS) is 17.7. The first-order chi connectivity index (χ1) is 13.4. The van der Waals surface area contributed by atoms with Gasteiger partial charge in [-0.25, -0.2) is 4.79 Å². The van der Waals surface area contributed by atoms with Gasteiger partial charge in [0.2, 0.25) is 0 Å². The molecule has 0 saturated heterocycles. The summed E-state index contributed by atoms with van der Waals surface area (Å²) in [4.78, 5) is 12.0. The lowest BCUT2D eigenvalue weighted by atomic mass is 9.76. The van der Waals surface area contributed by atoms with Crippen LogP contribution in [0.2, 0.25) is 0 Å². The Kier molecular flexibility index (Phi) is 4.99. The number of phenols is 1. The molecule has 0 saturated carbocycles. The van der Waals surface area contributed by atoms with Crippen molar-refractivity contribution >= 4 is 17.0 Å². The van der Waals surface area contributed by atoms with Crippen LogP contribution in [0.3, 0.4) is 0 Å². The van der Waals surface area contributed by atoms with Crippen LogP contribution in [0.15, 0.2) is 52.2 Å². The standard InChI is InChI=1S/C24H28O5/c1-7-24(6,13-8-12-22(2,3)27)18-20-15(9-10-17(25)28-20)19(26)16-11-14-23(4,5)29-21(16)18/h7-12,14,26-27H,1,13H2,2-6H3/t24-/m0/s1. The maximum absolute atomic E-state index is 12.0. The Balaban J connectivity index is 2.35. The highest BCUT2D eigenvalue weighted by atomic mass is 16.5. The van der Waals surface area contributed by atoms with Crippen molar-refractivity contribution in [1.82, 2.24) is 0 Å². The van der Waals surface area contributed by atoms with Gasteiger partial charge in [0.1, 0.15) is 22.7 Å². The zero-order valence-electron chi connectivity index (χ0n) is 17.6. The Labute approximate surface area is 170 Å². The van der Waals surface area contributed by atoms with Gasteiger partial charge in [-0.15, -0.1) is 6.58 Å². The number of hydrogen-bond donors (Lipinski definition) is 2. The minimum Gasteiger partial charge on any atom is -0.506 e. The molecule has 2 N–H and O–H groups in total. The van der Waals surface area contributed by atoms with Crippen LogP contribution in [0.4, 0.5) is 0 Å². The van der Waals surface area contributed by atoms with E-state index in [4.69, 9.17) is 9.15 Å². The predicted octanol–water partition coefficient (Wildman–Crippen LogP) is 4.84. The first-order valence-corrected chi connectivity index (χ1v) is 9.62. The Morgan fingerprint density at radius 3 is 2.55 bits per heavy atom. The van der Waals surface area contributed by atoms with E-state index < -0.39 is 22.2 Å². The van der Waals surface area contributed by atoms with E-state index in [1.807, 2.05) is 39.0 Å². The van der Waals surface area contributed by atoms with E-state index in [1.165, 1.54) is 6.07 Å². The molecule has 2 aromatic rings. The Morgan fingerprint density at radius 2 is 1.93 bits per heavy atom. The first kappa shape index (κ1) is 20.9. The van der Waals surface area contributed by atoms with Gasteiger partial charge >= 0.3 is 5.63 Å². The number of benzene rings is 1. The van der Waals surface area contributed by atoms with E-state index >= 15 is 0 Å². The predicted molar refractivity (Wildman–Crippen MR) is 115 cm³/mol. The molecule has 0 spiro atoms. The fourth-order valence-corrected chi connectivity index (χ4v) is 3.52. The number of hydrogen-bond acceptors (Lipinski definition) is 5. The fraction of sp³-hybridized carbons (Fsp3) is 0.375. The molecule has 0 amide bonds. The van der Waals surface area contributed by atoms with Gasteiger partial charge in [0.05, 0.1) is 16.6 Å².